The van der Waals surface area contributed by atoms with Gasteiger partial charge in [-0.3, -0.25) is 4.79 Å². The van der Waals surface area contributed by atoms with Crippen molar-refractivity contribution in [3.05, 3.63) is 29.8 Å². The van der Waals surface area contributed by atoms with Crippen LogP contribution in [0.3, 0.4) is 0 Å². The van der Waals surface area contributed by atoms with Crippen LogP contribution in [0.15, 0.2) is 24.3 Å². The molecule has 8 nitrogen and oxygen atoms in total. The molecule has 0 saturated heterocycles. The van der Waals surface area contributed by atoms with Gasteiger partial charge in [0.1, 0.15) is 21.7 Å². The van der Waals surface area contributed by atoms with E-state index in [4.69, 9.17) is 4.74 Å². The zero-order valence-electron chi connectivity index (χ0n) is 17.4. The van der Waals surface area contributed by atoms with E-state index in [-0.39, 0.29) is 36.9 Å². The monoisotopic (exact) mass is 430 g/mol. The topological polar surface area (TPSA) is 125 Å². The number of nitrogens with one attached hydrogen (secondary N) is 2. The fourth-order valence-corrected chi connectivity index (χ4v) is 4.13. The molecule has 0 aliphatic carbocycles. The average Bonchev–Trinajstić information content (AvgIpc) is 2.69. The molecule has 0 heterocycles. The number of aliphatic hydroxyl groups is 2. The summed E-state index contributed by atoms with van der Waals surface area (Å²) in [6, 6.07) is 7.52. The summed E-state index contributed by atoms with van der Waals surface area (Å²) < 4.78 is 29.0. The molecule has 166 valence electrons. The number of methoxy groups -OCH3 is 1. The van der Waals surface area contributed by atoms with Crippen LogP contribution >= 0.6 is 0 Å². The summed E-state index contributed by atoms with van der Waals surface area (Å²) in [4.78, 5) is 11.9. The predicted octanol–water partition coefficient (Wildman–Crippen LogP) is 0.474. The summed E-state index contributed by atoms with van der Waals surface area (Å²) in [7, 11) is -1.70. The highest BCUT2D eigenvalue weighted by atomic mass is 32.2. The number of aliphatic hydroxyl groups excluding tert-OH is 2. The van der Waals surface area contributed by atoms with Crippen LogP contribution in [0.1, 0.15) is 32.3 Å². The molecule has 1 rings (SSSR count). The molecule has 0 aliphatic heterocycles. The van der Waals surface area contributed by atoms with Gasteiger partial charge < -0.3 is 25.6 Å². The minimum Gasteiger partial charge on any atom is -0.497 e. The van der Waals surface area contributed by atoms with Gasteiger partial charge in [0.2, 0.25) is 5.91 Å². The summed E-state index contributed by atoms with van der Waals surface area (Å²) in [5.74, 6) is 0.153. The van der Waals surface area contributed by atoms with Gasteiger partial charge in [-0.2, -0.15) is 0 Å². The fourth-order valence-electron chi connectivity index (χ4n) is 2.51. The minimum absolute atomic E-state index is 0.0406. The van der Waals surface area contributed by atoms with Crippen molar-refractivity contribution in [1.29, 1.82) is 0 Å². The van der Waals surface area contributed by atoms with Gasteiger partial charge in [-0.25, -0.2) is 8.42 Å². The van der Waals surface area contributed by atoms with Gasteiger partial charge in [0.25, 0.3) is 0 Å². The maximum absolute atomic E-state index is 11.9. The first-order chi connectivity index (χ1) is 13.6. The first-order valence-electron chi connectivity index (χ1n) is 9.81. The van der Waals surface area contributed by atoms with Gasteiger partial charge in [-0.05, 0) is 36.5 Å². The van der Waals surface area contributed by atoms with Gasteiger partial charge in [-0.15, -0.1) is 0 Å². The third-order valence-corrected chi connectivity index (χ3v) is 6.08. The SMILES string of the molecule is COc1cccc(CNCC(O)CNC(=O)C(O)CCS(=O)(=O)CCC(C)C)c1. The van der Waals surface area contributed by atoms with E-state index in [1.165, 1.54) is 0 Å². The maximum atomic E-state index is 11.9. The van der Waals surface area contributed by atoms with Crippen LogP contribution in [0, 0.1) is 5.92 Å². The third kappa shape index (κ3) is 11.2. The molecule has 0 aromatic heterocycles. The van der Waals surface area contributed by atoms with Gasteiger partial charge in [0.15, 0.2) is 0 Å². The standard InChI is InChI=1S/C20H34N2O6S/c1-15(2)7-9-29(26,27)10-8-19(24)20(25)22-14-17(23)13-21-12-16-5-4-6-18(11-16)28-3/h4-6,11,15,17,19,21,23-24H,7-10,12-14H2,1-3H3,(H,22,25). The summed E-state index contributed by atoms with van der Waals surface area (Å²) in [6.45, 7) is 4.61. The Morgan fingerprint density at radius 2 is 1.83 bits per heavy atom. The van der Waals surface area contributed by atoms with Crippen LogP contribution in [0.2, 0.25) is 0 Å². The molecule has 1 aromatic carbocycles. The molecule has 4 N–H and O–H groups in total. The molecule has 0 aliphatic rings. The van der Waals surface area contributed by atoms with E-state index in [0.717, 1.165) is 11.3 Å². The zero-order valence-corrected chi connectivity index (χ0v) is 18.2. The summed E-state index contributed by atoms with van der Waals surface area (Å²) in [5, 5.41) is 25.3. The molecule has 0 spiro atoms. The van der Waals surface area contributed by atoms with Gasteiger partial charge in [0.05, 0.1) is 24.7 Å². The normalized spacial score (nSPS) is 13.9. The Hall–Kier alpha value is -1.68. The summed E-state index contributed by atoms with van der Waals surface area (Å²) >= 11 is 0. The largest absolute Gasteiger partial charge is 0.497 e. The number of carbonyl (C=O) groups is 1. The van der Waals surface area contributed by atoms with Gasteiger partial charge in [-0.1, -0.05) is 26.0 Å². The van der Waals surface area contributed by atoms with Crippen molar-refractivity contribution in [2.24, 2.45) is 5.92 Å². The minimum atomic E-state index is -3.29. The highest BCUT2D eigenvalue weighted by molar-refractivity contribution is 7.91. The van der Waals surface area contributed by atoms with Crippen molar-refractivity contribution in [1.82, 2.24) is 10.6 Å². The predicted molar refractivity (Wildman–Crippen MR) is 112 cm³/mol. The van der Waals surface area contributed by atoms with Crippen LogP contribution in [0.5, 0.6) is 5.75 Å². The third-order valence-electron chi connectivity index (χ3n) is 4.37. The Morgan fingerprint density at radius 1 is 1.14 bits per heavy atom. The highest BCUT2D eigenvalue weighted by Gasteiger charge is 2.20. The second-order valence-corrected chi connectivity index (χ2v) is 9.82. The fraction of sp³-hybridized carbons (Fsp3) is 0.650. The Balaban J connectivity index is 2.26. The number of amides is 1. The van der Waals surface area contributed by atoms with E-state index < -0.39 is 28.0 Å². The first kappa shape index (κ1) is 25.4. The maximum Gasteiger partial charge on any atom is 0.248 e. The van der Waals surface area contributed by atoms with Crippen molar-refractivity contribution in [3.8, 4) is 5.75 Å². The number of ether oxygens (including phenoxy) is 1. The van der Waals surface area contributed by atoms with Crippen LogP contribution in [-0.4, -0.2) is 68.5 Å². The van der Waals surface area contributed by atoms with E-state index in [1.807, 2.05) is 38.1 Å². The molecule has 9 heteroatoms. The Bertz CT molecular complexity index is 723. The molecule has 1 aromatic rings. The number of hydrogen-bond acceptors (Lipinski definition) is 7. The Morgan fingerprint density at radius 3 is 2.48 bits per heavy atom. The molecular formula is C20H34N2O6S. The van der Waals surface area contributed by atoms with Crippen molar-refractivity contribution < 1.29 is 28.2 Å². The lowest BCUT2D eigenvalue weighted by atomic mass is 10.2. The molecule has 0 bridgehead atoms. The molecule has 2 atom stereocenters. The van der Waals surface area contributed by atoms with Gasteiger partial charge >= 0.3 is 0 Å². The van der Waals surface area contributed by atoms with Crippen molar-refractivity contribution in [2.75, 3.05) is 31.7 Å². The zero-order chi connectivity index (χ0) is 21.9. The molecule has 0 saturated carbocycles. The first-order valence-corrected chi connectivity index (χ1v) is 11.6. The lowest BCUT2D eigenvalue weighted by Gasteiger charge is -2.15. The van der Waals surface area contributed by atoms with Crippen molar-refractivity contribution in [2.45, 2.75) is 45.4 Å². The number of hydrogen-bond donors (Lipinski definition) is 4. The molecule has 29 heavy (non-hydrogen) atoms. The quantitative estimate of drug-likeness (QED) is 0.338. The summed E-state index contributed by atoms with van der Waals surface area (Å²) in [5.41, 5.74) is 0.995. The van der Waals surface area contributed by atoms with Crippen LogP contribution < -0.4 is 15.4 Å². The number of rotatable bonds is 14. The van der Waals surface area contributed by atoms with Gasteiger partial charge in [0, 0.05) is 19.6 Å². The second kappa shape index (κ2) is 12.8. The van der Waals surface area contributed by atoms with Crippen LogP contribution in [-0.2, 0) is 21.2 Å². The van der Waals surface area contributed by atoms with E-state index in [1.54, 1.807) is 7.11 Å². The average molecular weight is 431 g/mol. The van der Waals surface area contributed by atoms with Crippen molar-refractivity contribution in [3.63, 3.8) is 0 Å². The number of carbonyl (C=O) groups excluding carboxylic acids is 1. The highest BCUT2D eigenvalue weighted by Crippen LogP contribution is 2.12. The molecule has 0 fully saturated rings. The number of benzene rings is 1. The Labute approximate surface area is 173 Å². The number of sulfone groups is 1. The van der Waals surface area contributed by atoms with Crippen LogP contribution in [0.25, 0.3) is 0 Å². The summed E-state index contributed by atoms with van der Waals surface area (Å²) in [6.07, 6.45) is -1.86. The van der Waals surface area contributed by atoms with Crippen molar-refractivity contribution >= 4 is 15.7 Å². The van der Waals surface area contributed by atoms with E-state index in [0.29, 0.717) is 13.0 Å². The lowest BCUT2D eigenvalue weighted by Crippen LogP contribution is -2.42. The molecule has 1 amide bonds. The lowest BCUT2D eigenvalue weighted by molar-refractivity contribution is -0.129. The van der Waals surface area contributed by atoms with E-state index in [9.17, 15) is 23.4 Å². The Kier molecular flexibility index (Phi) is 11.2. The van der Waals surface area contributed by atoms with Crippen LogP contribution in [0.4, 0.5) is 0 Å². The van der Waals surface area contributed by atoms with E-state index in [2.05, 4.69) is 10.6 Å². The molecule has 2 unspecified atom stereocenters. The van der Waals surface area contributed by atoms with E-state index >= 15 is 0 Å². The molecule has 0 radical (unpaired) electrons. The molecular weight excluding hydrogens is 396 g/mol. The second-order valence-electron chi connectivity index (χ2n) is 7.52. The smallest absolute Gasteiger partial charge is 0.248 e.